The fourth-order valence-corrected chi connectivity index (χ4v) is 2.35. The SMILES string of the molecule is COCn1c(=O)n(C(C)=O)c2c1n(COC)c(=O)n2C(C)=O. The largest absolute Gasteiger partial charge is 0.364 e. The number of methoxy groups -OCH3 is 2. The smallest absolute Gasteiger partial charge is 0.340 e. The zero-order valence-electron chi connectivity index (χ0n) is 12.7. The van der Waals surface area contributed by atoms with Gasteiger partial charge in [-0.2, -0.15) is 0 Å². The molecule has 0 N–H and O–H groups in total. The van der Waals surface area contributed by atoms with E-state index in [1.165, 1.54) is 28.1 Å². The van der Waals surface area contributed by atoms with E-state index in [1.807, 2.05) is 0 Å². The number of hydrogen-bond acceptors (Lipinski definition) is 6. The van der Waals surface area contributed by atoms with Gasteiger partial charge >= 0.3 is 11.4 Å². The van der Waals surface area contributed by atoms with Crippen LogP contribution in [0.4, 0.5) is 0 Å². The molecule has 0 aliphatic heterocycles. The molecule has 22 heavy (non-hydrogen) atoms. The maximum Gasteiger partial charge on any atom is 0.340 e. The molecule has 0 saturated heterocycles. The third kappa shape index (κ3) is 2.12. The summed E-state index contributed by atoms with van der Waals surface area (Å²) >= 11 is 0. The zero-order valence-corrected chi connectivity index (χ0v) is 12.7. The van der Waals surface area contributed by atoms with Crippen LogP contribution in [0.25, 0.3) is 11.3 Å². The first kappa shape index (κ1) is 15.9. The van der Waals surface area contributed by atoms with Crippen LogP contribution in [0.3, 0.4) is 0 Å². The maximum absolute atomic E-state index is 12.4. The van der Waals surface area contributed by atoms with Crippen LogP contribution in [-0.4, -0.2) is 44.3 Å². The molecule has 0 aliphatic carbocycles. The Bertz CT molecular complexity index is 797. The summed E-state index contributed by atoms with van der Waals surface area (Å²) in [6.07, 6.45) is 0. The van der Waals surface area contributed by atoms with Crippen LogP contribution in [0.2, 0.25) is 0 Å². The molecule has 10 nitrogen and oxygen atoms in total. The summed E-state index contributed by atoms with van der Waals surface area (Å²) in [7, 11) is 2.73. The molecule has 0 aliphatic rings. The van der Waals surface area contributed by atoms with Crippen LogP contribution in [0.1, 0.15) is 23.4 Å². The number of aromatic nitrogens is 4. The Morgan fingerprint density at radius 1 is 0.818 bits per heavy atom. The van der Waals surface area contributed by atoms with Crippen molar-refractivity contribution >= 4 is 23.1 Å². The van der Waals surface area contributed by atoms with Crippen molar-refractivity contribution in [2.75, 3.05) is 14.2 Å². The molecule has 120 valence electrons. The Hall–Kier alpha value is -2.46. The number of carbonyl (C=O) groups excluding carboxylic acids is 2. The van der Waals surface area contributed by atoms with E-state index >= 15 is 0 Å². The number of carbonyl (C=O) groups is 2. The van der Waals surface area contributed by atoms with Gasteiger partial charge in [0.15, 0.2) is 11.3 Å². The quantitative estimate of drug-likeness (QED) is 0.738. The monoisotopic (exact) mass is 312 g/mol. The number of hydrogen-bond donors (Lipinski definition) is 0. The van der Waals surface area contributed by atoms with E-state index in [0.717, 1.165) is 18.3 Å². The van der Waals surface area contributed by atoms with Crippen LogP contribution in [0.5, 0.6) is 0 Å². The lowest BCUT2D eigenvalue weighted by molar-refractivity contribution is 0.0917. The highest BCUT2D eigenvalue weighted by Crippen LogP contribution is 2.13. The van der Waals surface area contributed by atoms with Crippen LogP contribution < -0.4 is 11.4 Å². The van der Waals surface area contributed by atoms with Crippen molar-refractivity contribution in [2.45, 2.75) is 27.3 Å². The number of ether oxygens (including phenoxy) is 2. The van der Waals surface area contributed by atoms with Crippen LogP contribution in [0, 0.1) is 0 Å². The van der Waals surface area contributed by atoms with Crippen molar-refractivity contribution in [2.24, 2.45) is 0 Å². The summed E-state index contributed by atoms with van der Waals surface area (Å²) in [5.41, 5.74) is -1.40. The molecule has 0 radical (unpaired) electrons. The van der Waals surface area contributed by atoms with Gasteiger partial charge in [-0.25, -0.2) is 18.7 Å². The summed E-state index contributed by atoms with van der Waals surface area (Å²) in [5, 5.41) is 0. The minimum absolute atomic E-state index is 0.0871. The lowest BCUT2D eigenvalue weighted by atomic mass is 10.6. The van der Waals surface area contributed by atoms with E-state index < -0.39 is 23.2 Å². The third-order valence-corrected chi connectivity index (χ3v) is 3.13. The first-order chi connectivity index (χ1) is 10.4. The Morgan fingerprint density at radius 3 is 1.45 bits per heavy atom. The Labute approximate surface area is 124 Å². The van der Waals surface area contributed by atoms with Gasteiger partial charge in [-0.15, -0.1) is 0 Å². The van der Waals surface area contributed by atoms with Gasteiger partial charge in [-0.3, -0.25) is 18.7 Å². The van der Waals surface area contributed by atoms with Gasteiger partial charge in [0.05, 0.1) is 0 Å². The molecule has 2 rings (SSSR count). The number of nitrogens with zero attached hydrogens (tertiary/aromatic N) is 4. The molecular weight excluding hydrogens is 296 g/mol. The summed E-state index contributed by atoms with van der Waals surface area (Å²) in [6.45, 7) is 1.97. The third-order valence-electron chi connectivity index (χ3n) is 3.13. The number of imidazole rings is 2. The van der Waals surface area contributed by atoms with Gasteiger partial charge in [0.25, 0.3) is 0 Å². The molecule has 2 aromatic heterocycles. The van der Waals surface area contributed by atoms with E-state index in [9.17, 15) is 19.2 Å². The highest BCUT2D eigenvalue weighted by molar-refractivity contribution is 5.92. The summed E-state index contributed by atoms with van der Waals surface area (Å²) in [5.74, 6) is -1.23. The van der Waals surface area contributed by atoms with Crippen molar-refractivity contribution < 1.29 is 19.1 Å². The van der Waals surface area contributed by atoms with E-state index in [-0.39, 0.29) is 24.8 Å². The molecule has 0 amide bonds. The fraction of sp³-hybridized carbons (Fsp3) is 0.500. The molecule has 2 aromatic rings. The van der Waals surface area contributed by atoms with E-state index in [0.29, 0.717) is 0 Å². The molecule has 2 heterocycles. The minimum Gasteiger partial charge on any atom is -0.364 e. The van der Waals surface area contributed by atoms with Crippen molar-refractivity contribution in [3.63, 3.8) is 0 Å². The first-order valence-corrected chi connectivity index (χ1v) is 6.33. The highest BCUT2D eigenvalue weighted by Gasteiger charge is 2.27. The summed E-state index contributed by atoms with van der Waals surface area (Å²) < 4.78 is 13.6. The molecule has 0 bridgehead atoms. The first-order valence-electron chi connectivity index (χ1n) is 6.33. The molecule has 0 fully saturated rings. The maximum atomic E-state index is 12.4. The second kappa shape index (κ2) is 5.73. The Balaban J connectivity index is 3.10. The van der Waals surface area contributed by atoms with Gasteiger partial charge in [0.1, 0.15) is 13.5 Å². The van der Waals surface area contributed by atoms with Crippen molar-refractivity contribution in [3.05, 3.63) is 21.0 Å². The van der Waals surface area contributed by atoms with Crippen LogP contribution >= 0.6 is 0 Å². The number of fused-ring (bicyclic) bond motifs is 1. The highest BCUT2D eigenvalue weighted by atomic mass is 16.5. The van der Waals surface area contributed by atoms with Gasteiger partial charge in [0.2, 0.25) is 11.8 Å². The van der Waals surface area contributed by atoms with Gasteiger partial charge in [-0.1, -0.05) is 0 Å². The van der Waals surface area contributed by atoms with Crippen molar-refractivity contribution in [1.82, 2.24) is 18.3 Å². The Morgan fingerprint density at radius 2 is 1.18 bits per heavy atom. The molecular formula is C12H16N4O6. The second-order valence-electron chi connectivity index (χ2n) is 4.61. The molecule has 0 unspecified atom stereocenters. The lowest BCUT2D eigenvalue weighted by Gasteiger charge is -2.04. The van der Waals surface area contributed by atoms with E-state index in [4.69, 9.17) is 9.47 Å². The fourth-order valence-electron chi connectivity index (χ4n) is 2.35. The predicted molar refractivity (Wildman–Crippen MR) is 75.1 cm³/mol. The van der Waals surface area contributed by atoms with Crippen molar-refractivity contribution in [3.8, 4) is 0 Å². The van der Waals surface area contributed by atoms with Crippen LogP contribution in [0.15, 0.2) is 9.59 Å². The van der Waals surface area contributed by atoms with E-state index in [2.05, 4.69) is 0 Å². The minimum atomic E-state index is -0.695. The van der Waals surface area contributed by atoms with Crippen LogP contribution in [-0.2, 0) is 22.9 Å². The summed E-state index contributed by atoms with van der Waals surface area (Å²) in [4.78, 5) is 48.3. The van der Waals surface area contributed by atoms with Crippen molar-refractivity contribution in [1.29, 1.82) is 0 Å². The van der Waals surface area contributed by atoms with Gasteiger partial charge in [0, 0.05) is 28.1 Å². The summed E-state index contributed by atoms with van der Waals surface area (Å²) in [6, 6.07) is 0. The van der Waals surface area contributed by atoms with Gasteiger partial charge < -0.3 is 9.47 Å². The molecule has 0 spiro atoms. The zero-order chi connectivity index (χ0) is 16.6. The molecule has 10 heteroatoms. The van der Waals surface area contributed by atoms with E-state index in [1.54, 1.807) is 0 Å². The molecule has 0 saturated carbocycles. The normalized spacial score (nSPS) is 11.3. The Kier molecular flexibility index (Phi) is 4.15. The van der Waals surface area contributed by atoms with Gasteiger partial charge in [-0.05, 0) is 0 Å². The molecule has 0 atom stereocenters. The second-order valence-corrected chi connectivity index (χ2v) is 4.61. The standard InChI is InChI=1S/C12H16N4O6/c1-7(17)15-10-9(13(5-21-3)11(15)19)14(6-22-4)12(20)16(10)8(2)18/h5-6H2,1-4H3. The number of rotatable bonds is 4. The predicted octanol–water partition coefficient (Wildman–Crippen LogP) is -0.706. The average Bonchev–Trinajstić information content (AvgIpc) is 2.84. The average molecular weight is 312 g/mol. The topological polar surface area (TPSA) is 106 Å². The lowest BCUT2D eigenvalue weighted by Crippen LogP contribution is -2.34. The molecule has 0 aromatic carbocycles.